The molecule has 6 aromatic rings. The minimum atomic E-state index is -0.459. The van der Waals surface area contributed by atoms with Crippen LogP contribution in [0.3, 0.4) is 0 Å². The van der Waals surface area contributed by atoms with Crippen LogP contribution in [0.4, 0.5) is 11.6 Å². The van der Waals surface area contributed by atoms with Crippen LogP contribution in [0.1, 0.15) is 11.1 Å². The maximum absolute atomic E-state index is 12.0. The molecule has 0 atom stereocenters. The fourth-order valence-electron chi connectivity index (χ4n) is 4.38. The molecule has 42 heavy (non-hydrogen) atoms. The van der Waals surface area contributed by atoms with E-state index in [9.17, 15) is 15.4 Å². The largest absolute Gasteiger partial charge is 0.436 e. The van der Waals surface area contributed by atoms with Gasteiger partial charge in [-0.25, -0.2) is 9.98 Å². The third-order valence-electron chi connectivity index (χ3n) is 6.32. The van der Waals surface area contributed by atoms with E-state index in [0.29, 0.717) is 32.8 Å². The summed E-state index contributed by atoms with van der Waals surface area (Å²) in [6.07, 6.45) is 1.45. The minimum Gasteiger partial charge on any atom is -0.436 e. The lowest BCUT2D eigenvalue weighted by Crippen LogP contribution is -1.93. The summed E-state index contributed by atoms with van der Waals surface area (Å²) in [6.45, 7) is 0. The molecule has 0 aliphatic carbocycles. The summed E-state index contributed by atoms with van der Waals surface area (Å²) >= 11 is 1.09. The number of aromatic amines is 1. The summed E-state index contributed by atoms with van der Waals surface area (Å²) in [4.78, 5) is 20.8. The second-order valence-electron chi connectivity index (χ2n) is 9.01. The van der Waals surface area contributed by atoms with E-state index in [1.807, 2.05) is 91.0 Å². The zero-order valence-corrected chi connectivity index (χ0v) is 22.7. The van der Waals surface area contributed by atoms with Crippen molar-refractivity contribution in [3.8, 4) is 39.9 Å². The van der Waals surface area contributed by atoms with Crippen molar-refractivity contribution in [3.05, 3.63) is 130 Å². The van der Waals surface area contributed by atoms with Gasteiger partial charge in [-0.05, 0) is 29.0 Å². The van der Waals surface area contributed by atoms with Gasteiger partial charge in [-0.3, -0.25) is 15.2 Å². The summed E-state index contributed by atoms with van der Waals surface area (Å²) in [5.74, 6) is 1.20. The Labute approximate surface area is 244 Å². The lowest BCUT2D eigenvalue weighted by Gasteiger charge is -2.03. The van der Waals surface area contributed by atoms with Crippen molar-refractivity contribution in [1.29, 1.82) is 5.26 Å². The molecular formula is C32H20N6O3S. The first kappa shape index (κ1) is 26.4. The number of hydrogen-bond donors (Lipinski definition) is 1. The third kappa shape index (κ3) is 5.45. The lowest BCUT2D eigenvalue weighted by molar-refractivity contribution is -0.387. The summed E-state index contributed by atoms with van der Waals surface area (Å²) in [6, 6.07) is 35.4. The highest BCUT2D eigenvalue weighted by molar-refractivity contribution is 7.99. The van der Waals surface area contributed by atoms with Crippen LogP contribution in [0.2, 0.25) is 0 Å². The Balaban J connectivity index is 1.33. The summed E-state index contributed by atoms with van der Waals surface area (Å²) in [5.41, 5.74) is 3.73. The van der Waals surface area contributed by atoms with Crippen molar-refractivity contribution in [2.45, 2.75) is 10.1 Å². The number of nitrogens with one attached hydrogen (secondary N) is 1. The Bertz CT molecular complexity index is 1950. The van der Waals surface area contributed by atoms with E-state index >= 15 is 0 Å². The van der Waals surface area contributed by atoms with Gasteiger partial charge in [0.1, 0.15) is 17.4 Å². The molecule has 10 heteroatoms. The molecule has 0 bridgehead atoms. The number of furan rings is 1. The van der Waals surface area contributed by atoms with Crippen molar-refractivity contribution >= 4 is 29.5 Å². The van der Waals surface area contributed by atoms with Gasteiger partial charge < -0.3 is 4.42 Å². The second kappa shape index (κ2) is 11.8. The average Bonchev–Trinajstić information content (AvgIpc) is 3.66. The Morgan fingerprint density at radius 2 is 1.55 bits per heavy atom. The van der Waals surface area contributed by atoms with Crippen LogP contribution in [0, 0.1) is 21.4 Å². The number of H-pyrrole nitrogens is 1. The Hall–Kier alpha value is -5.79. The molecule has 4 aromatic carbocycles. The highest BCUT2D eigenvalue weighted by atomic mass is 32.2. The number of nitrogens with zero attached hydrogens (tertiary/aromatic N) is 5. The van der Waals surface area contributed by atoms with E-state index in [-0.39, 0.29) is 17.1 Å². The van der Waals surface area contributed by atoms with Gasteiger partial charge in [-0.2, -0.15) is 5.26 Å². The van der Waals surface area contributed by atoms with Crippen LogP contribution in [-0.2, 0) is 0 Å². The first-order valence-corrected chi connectivity index (χ1v) is 13.6. The van der Waals surface area contributed by atoms with E-state index in [1.54, 1.807) is 12.1 Å². The van der Waals surface area contributed by atoms with Gasteiger partial charge in [0.05, 0.1) is 9.82 Å². The van der Waals surface area contributed by atoms with Gasteiger partial charge in [0, 0.05) is 29.0 Å². The van der Waals surface area contributed by atoms with Gasteiger partial charge >= 0.3 is 0 Å². The normalized spacial score (nSPS) is 11.0. The van der Waals surface area contributed by atoms with Crippen molar-refractivity contribution < 1.29 is 9.34 Å². The number of nitriles is 1. The van der Waals surface area contributed by atoms with Crippen LogP contribution in [-0.4, -0.2) is 26.3 Å². The standard InChI is InChI=1S/C32H20N6O3S/c33-19-25-28(22-10-4-1-5-11-22)29(23-12-6-2-7-13-23)41-31(25)34-20-21-16-17-27(26(18-21)38(39)40)42-32-35-30(36-37-32)24-14-8-3-9-15-24/h1-18,20H,(H,35,36,37). The first-order valence-electron chi connectivity index (χ1n) is 12.8. The second-order valence-corrected chi connectivity index (χ2v) is 10.0. The monoisotopic (exact) mass is 568 g/mol. The van der Waals surface area contributed by atoms with E-state index in [2.05, 4.69) is 26.2 Å². The highest BCUT2D eigenvalue weighted by Gasteiger charge is 2.23. The maximum Gasteiger partial charge on any atom is 0.283 e. The molecular weight excluding hydrogens is 548 g/mol. The van der Waals surface area contributed by atoms with Crippen molar-refractivity contribution in [1.82, 2.24) is 15.2 Å². The van der Waals surface area contributed by atoms with Gasteiger partial charge in [-0.15, -0.1) is 5.10 Å². The molecule has 0 radical (unpaired) electrons. The Morgan fingerprint density at radius 1 is 0.905 bits per heavy atom. The third-order valence-corrected chi connectivity index (χ3v) is 7.25. The maximum atomic E-state index is 12.0. The van der Waals surface area contributed by atoms with Gasteiger partial charge in [0.25, 0.3) is 5.69 Å². The zero-order chi connectivity index (χ0) is 28.9. The molecule has 0 saturated heterocycles. The summed E-state index contributed by atoms with van der Waals surface area (Å²) in [5, 5.41) is 29.5. The van der Waals surface area contributed by atoms with E-state index in [0.717, 1.165) is 28.5 Å². The molecule has 0 aliphatic rings. The van der Waals surface area contributed by atoms with Gasteiger partial charge in [-0.1, -0.05) is 97.1 Å². The highest BCUT2D eigenvalue weighted by Crippen LogP contribution is 2.42. The number of nitro benzene ring substituents is 1. The first-order chi connectivity index (χ1) is 20.6. The molecule has 1 N–H and O–H groups in total. The molecule has 6 rings (SSSR count). The van der Waals surface area contributed by atoms with E-state index in [1.165, 1.54) is 12.3 Å². The van der Waals surface area contributed by atoms with Crippen LogP contribution in [0.15, 0.2) is 129 Å². The quantitative estimate of drug-likeness (QED) is 0.111. The molecule has 0 aliphatic heterocycles. The van der Waals surface area contributed by atoms with Crippen molar-refractivity contribution in [3.63, 3.8) is 0 Å². The minimum absolute atomic E-state index is 0.116. The number of benzene rings is 4. The topological polar surface area (TPSA) is 134 Å². The number of hydrogen-bond acceptors (Lipinski definition) is 8. The van der Waals surface area contributed by atoms with Gasteiger partial charge in [0.15, 0.2) is 5.82 Å². The van der Waals surface area contributed by atoms with Crippen LogP contribution >= 0.6 is 11.8 Å². The Morgan fingerprint density at radius 3 is 2.19 bits per heavy atom. The molecule has 0 unspecified atom stereocenters. The summed E-state index contributed by atoms with van der Waals surface area (Å²) in [7, 11) is 0. The van der Waals surface area contributed by atoms with Crippen molar-refractivity contribution in [2.75, 3.05) is 0 Å². The molecule has 0 amide bonds. The lowest BCUT2D eigenvalue weighted by atomic mass is 9.98. The van der Waals surface area contributed by atoms with Crippen LogP contribution in [0.5, 0.6) is 0 Å². The smallest absolute Gasteiger partial charge is 0.283 e. The number of aliphatic imine (C=N–C) groups is 1. The average molecular weight is 569 g/mol. The van der Waals surface area contributed by atoms with Crippen molar-refractivity contribution in [2.24, 2.45) is 4.99 Å². The fraction of sp³-hybridized carbons (Fsp3) is 0. The number of rotatable bonds is 8. The van der Waals surface area contributed by atoms with Crippen LogP contribution in [0.25, 0.3) is 33.8 Å². The SMILES string of the molecule is N#Cc1c(N=Cc2ccc(Sc3n[nH]c(-c4ccccc4)n3)c([N+](=O)[O-])c2)oc(-c2ccccc2)c1-c1ccccc1. The molecule has 0 fully saturated rings. The number of nitro groups is 1. The molecule has 2 heterocycles. The van der Waals surface area contributed by atoms with E-state index in [4.69, 9.17) is 4.42 Å². The fourth-order valence-corrected chi connectivity index (χ4v) is 5.18. The number of aromatic nitrogens is 3. The summed E-state index contributed by atoms with van der Waals surface area (Å²) < 4.78 is 6.14. The predicted molar refractivity (Wildman–Crippen MR) is 161 cm³/mol. The molecule has 2 aromatic heterocycles. The molecule has 0 saturated carbocycles. The molecule has 9 nitrogen and oxygen atoms in total. The zero-order valence-electron chi connectivity index (χ0n) is 21.8. The Kier molecular flexibility index (Phi) is 7.40. The molecule has 0 spiro atoms. The van der Waals surface area contributed by atoms with Crippen LogP contribution < -0.4 is 0 Å². The molecule has 202 valence electrons. The predicted octanol–water partition coefficient (Wildman–Crippen LogP) is 8.08. The van der Waals surface area contributed by atoms with E-state index < -0.39 is 4.92 Å². The van der Waals surface area contributed by atoms with Gasteiger partial charge in [0.2, 0.25) is 11.0 Å².